The van der Waals surface area contributed by atoms with Crippen LogP contribution in [0.3, 0.4) is 0 Å². The van der Waals surface area contributed by atoms with Gasteiger partial charge in [0.25, 0.3) is 0 Å². The van der Waals surface area contributed by atoms with E-state index < -0.39 is 0 Å². The van der Waals surface area contributed by atoms with Crippen LogP contribution < -0.4 is 0 Å². The molecule has 1 radical (unpaired) electrons. The summed E-state index contributed by atoms with van der Waals surface area (Å²) in [4.78, 5) is 0. The van der Waals surface area contributed by atoms with Crippen LogP contribution in [0.5, 0.6) is 0 Å². The normalized spacial score (nSPS) is 10.6. The number of halogens is 1. The fraction of sp³-hybridized carbons (Fsp3) is 0.300. The highest BCUT2D eigenvalue weighted by Crippen LogP contribution is 2.21. The molecule has 0 aromatic heterocycles. The molecule has 0 aliphatic rings. The molecule has 1 unspecified atom stereocenters. The fourth-order valence-corrected chi connectivity index (χ4v) is 1.22. The highest BCUT2D eigenvalue weighted by Gasteiger charge is 2.00. The van der Waals surface area contributed by atoms with E-state index in [9.17, 15) is 0 Å². The van der Waals surface area contributed by atoms with Gasteiger partial charge in [-0.3, -0.25) is 0 Å². The van der Waals surface area contributed by atoms with Gasteiger partial charge in [-0.25, -0.2) is 0 Å². The topological polar surface area (TPSA) is 0 Å². The Bertz CT molecular complexity index is 251. The first-order valence-electron chi connectivity index (χ1n) is 3.70. The summed E-state index contributed by atoms with van der Waals surface area (Å²) in [5, 5.41) is 0. The van der Waals surface area contributed by atoms with Gasteiger partial charge in [0, 0.05) is 4.47 Å². The molecule has 0 saturated carbocycles. The number of hydrogen-bond donors (Lipinski definition) is 0. The van der Waals surface area contributed by atoms with Crippen molar-refractivity contribution in [1.29, 1.82) is 0 Å². The summed E-state index contributed by atoms with van der Waals surface area (Å²) < 4.78 is 1.17. The highest BCUT2D eigenvalue weighted by atomic mass is 79.9. The molecule has 1 heteroatoms. The molecule has 0 amide bonds. The van der Waals surface area contributed by atoms with Crippen molar-refractivity contribution in [2.75, 3.05) is 0 Å². The second kappa shape index (κ2) is 3.40. The van der Waals surface area contributed by atoms with Gasteiger partial charge in [0.05, 0.1) is 0 Å². The molecule has 0 bridgehead atoms. The number of hydrogen-bond acceptors (Lipinski definition) is 0. The van der Waals surface area contributed by atoms with Crippen LogP contribution >= 0.6 is 15.9 Å². The van der Waals surface area contributed by atoms with Gasteiger partial charge in [-0.2, -0.15) is 0 Å². The van der Waals surface area contributed by atoms with E-state index in [1.165, 1.54) is 15.6 Å². The maximum atomic E-state index is 3.96. The van der Waals surface area contributed by atoms with Crippen LogP contribution in [-0.2, 0) is 0 Å². The lowest BCUT2D eigenvalue weighted by molar-refractivity contribution is 0.960. The molecule has 0 nitrogen and oxygen atoms in total. The lowest BCUT2D eigenvalue weighted by Gasteiger charge is -2.06. The first-order chi connectivity index (χ1) is 5.11. The van der Waals surface area contributed by atoms with Crippen molar-refractivity contribution in [3.05, 3.63) is 40.7 Å². The fourth-order valence-electron chi connectivity index (χ4n) is 0.974. The molecule has 0 fully saturated rings. The first-order valence-corrected chi connectivity index (χ1v) is 4.49. The van der Waals surface area contributed by atoms with E-state index in [1.807, 2.05) is 0 Å². The van der Waals surface area contributed by atoms with E-state index in [-0.39, 0.29) is 0 Å². The van der Waals surface area contributed by atoms with Crippen LogP contribution in [0.25, 0.3) is 0 Å². The Morgan fingerprint density at radius 2 is 2.09 bits per heavy atom. The predicted octanol–water partition coefficient (Wildman–Crippen LogP) is 3.70. The Kier molecular flexibility index (Phi) is 2.72. The predicted molar refractivity (Wildman–Crippen MR) is 52.7 cm³/mol. The monoisotopic (exact) mass is 211 g/mol. The molecule has 1 aromatic carbocycles. The minimum atomic E-state index is 0.377. The summed E-state index contributed by atoms with van der Waals surface area (Å²) in [6.07, 6.45) is 0. The lowest BCUT2D eigenvalue weighted by Crippen LogP contribution is -1.88. The van der Waals surface area contributed by atoms with Gasteiger partial charge in [-0.1, -0.05) is 35.0 Å². The van der Waals surface area contributed by atoms with Gasteiger partial charge >= 0.3 is 0 Å². The Hall–Kier alpha value is -0.300. The third-order valence-electron chi connectivity index (χ3n) is 1.75. The van der Waals surface area contributed by atoms with E-state index in [4.69, 9.17) is 0 Å². The minimum Gasteiger partial charge on any atom is -0.0584 e. The maximum Gasteiger partial charge on any atom is 0.0204 e. The standard InChI is InChI=1S/C10H12Br/c1-7(2)9-4-5-10(11)8(3)6-9/h4-7H,1H2,2-3H3. The van der Waals surface area contributed by atoms with E-state index in [0.717, 1.165) is 0 Å². The van der Waals surface area contributed by atoms with Crippen LogP contribution in [0, 0.1) is 13.8 Å². The third-order valence-corrected chi connectivity index (χ3v) is 2.64. The molecule has 1 atom stereocenters. The second-order valence-corrected chi connectivity index (χ2v) is 3.76. The van der Waals surface area contributed by atoms with Crippen LogP contribution in [-0.4, -0.2) is 0 Å². The molecule has 0 aliphatic carbocycles. The SMILES string of the molecule is [CH2]C(C)c1ccc(Br)c(C)c1. The molecule has 1 rings (SSSR count). The van der Waals surface area contributed by atoms with Crippen molar-refractivity contribution in [2.24, 2.45) is 0 Å². The summed E-state index contributed by atoms with van der Waals surface area (Å²) in [6, 6.07) is 6.35. The lowest BCUT2D eigenvalue weighted by atomic mass is 10.0. The zero-order chi connectivity index (χ0) is 8.43. The number of rotatable bonds is 1. The molecule has 11 heavy (non-hydrogen) atoms. The molecular formula is C10H12Br. The van der Waals surface area contributed by atoms with E-state index in [0.29, 0.717) is 5.92 Å². The van der Waals surface area contributed by atoms with E-state index >= 15 is 0 Å². The van der Waals surface area contributed by atoms with E-state index in [1.54, 1.807) is 0 Å². The number of benzene rings is 1. The number of aryl methyl sites for hydroxylation is 1. The van der Waals surface area contributed by atoms with Crippen molar-refractivity contribution in [3.63, 3.8) is 0 Å². The second-order valence-electron chi connectivity index (χ2n) is 2.91. The van der Waals surface area contributed by atoms with Gasteiger partial charge in [-0.15, -0.1) is 0 Å². The van der Waals surface area contributed by atoms with Gasteiger partial charge < -0.3 is 0 Å². The summed E-state index contributed by atoms with van der Waals surface area (Å²) in [5.74, 6) is 0.377. The van der Waals surface area contributed by atoms with E-state index in [2.05, 4.69) is 54.9 Å². The molecule has 0 heterocycles. The summed E-state index contributed by atoms with van der Waals surface area (Å²) in [7, 11) is 0. The molecule has 0 N–H and O–H groups in total. The van der Waals surface area contributed by atoms with Crippen molar-refractivity contribution in [3.8, 4) is 0 Å². The minimum absolute atomic E-state index is 0.377. The Morgan fingerprint density at radius 1 is 1.45 bits per heavy atom. The van der Waals surface area contributed by atoms with Crippen LogP contribution in [0.1, 0.15) is 24.0 Å². The van der Waals surface area contributed by atoms with Crippen LogP contribution in [0.15, 0.2) is 22.7 Å². The Balaban J connectivity index is 3.05. The zero-order valence-electron chi connectivity index (χ0n) is 6.89. The molecule has 0 aliphatic heterocycles. The van der Waals surface area contributed by atoms with Crippen molar-refractivity contribution < 1.29 is 0 Å². The Morgan fingerprint density at radius 3 is 2.55 bits per heavy atom. The van der Waals surface area contributed by atoms with Gasteiger partial charge in [-0.05, 0) is 37.0 Å². The molecule has 0 saturated heterocycles. The smallest absolute Gasteiger partial charge is 0.0204 e. The Labute approximate surface area is 76.8 Å². The van der Waals surface area contributed by atoms with Crippen molar-refractivity contribution in [1.82, 2.24) is 0 Å². The third kappa shape index (κ3) is 2.06. The van der Waals surface area contributed by atoms with Crippen LogP contribution in [0.4, 0.5) is 0 Å². The summed E-state index contributed by atoms with van der Waals surface area (Å²) in [6.45, 7) is 8.16. The van der Waals surface area contributed by atoms with Crippen molar-refractivity contribution in [2.45, 2.75) is 19.8 Å². The average Bonchev–Trinajstić information content (AvgIpc) is 1.94. The largest absolute Gasteiger partial charge is 0.0584 e. The zero-order valence-corrected chi connectivity index (χ0v) is 8.48. The maximum absolute atomic E-state index is 3.96. The summed E-state index contributed by atoms with van der Waals surface area (Å²) >= 11 is 3.46. The quantitative estimate of drug-likeness (QED) is 0.665. The molecule has 1 aromatic rings. The highest BCUT2D eigenvalue weighted by molar-refractivity contribution is 9.10. The van der Waals surface area contributed by atoms with Crippen molar-refractivity contribution >= 4 is 15.9 Å². The average molecular weight is 212 g/mol. The molecule has 59 valence electrons. The van der Waals surface area contributed by atoms with Gasteiger partial charge in [0.15, 0.2) is 0 Å². The molecule has 0 spiro atoms. The molecular weight excluding hydrogens is 200 g/mol. The summed E-state index contributed by atoms with van der Waals surface area (Å²) in [5.41, 5.74) is 2.57. The van der Waals surface area contributed by atoms with Crippen LogP contribution in [0.2, 0.25) is 0 Å². The first kappa shape index (κ1) is 8.79. The van der Waals surface area contributed by atoms with Gasteiger partial charge in [0.1, 0.15) is 0 Å². The van der Waals surface area contributed by atoms with Gasteiger partial charge in [0.2, 0.25) is 0 Å².